The zero-order valence-electron chi connectivity index (χ0n) is 10.1. The number of carboxylic acids is 1. The predicted molar refractivity (Wildman–Crippen MR) is 61.5 cm³/mol. The van der Waals surface area contributed by atoms with E-state index in [1.807, 2.05) is 13.8 Å². The fraction of sp³-hybridized carbons (Fsp3) is 0.667. The smallest absolute Gasteiger partial charge is 0.312 e. The van der Waals surface area contributed by atoms with E-state index in [4.69, 9.17) is 0 Å². The van der Waals surface area contributed by atoms with Gasteiger partial charge in [0.25, 0.3) is 0 Å². The third-order valence-electron chi connectivity index (χ3n) is 3.66. The maximum Gasteiger partial charge on any atom is 0.312 e. The van der Waals surface area contributed by atoms with Gasteiger partial charge < -0.3 is 10.2 Å². The molecule has 1 aromatic rings. The maximum atomic E-state index is 11.3. The molecule has 1 aliphatic rings. The van der Waals surface area contributed by atoms with Crippen molar-refractivity contribution < 1.29 is 15.0 Å². The number of carbonyl (C=O) groups is 1. The van der Waals surface area contributed by atoms with Gasteiger partial charge in [-0.05, 0) is 26.7 Å². The van der Waals surface area contributed by atoms with Crippen molar-refractivity contribution >= 4 is 5.97 Å². The first-order chi connectivity index (χ1) is 7.97. The highest BCUT2D eigenvalue weighted by Crippen LogP contribution is 2.50. The molecule has 94 valence electrons. The van der Waals surface area contributed by atoms with Crippen molar-refractivity contribution in [3.05, 3.63) is 18.0 Å². The lowest BCUT2D eigenvalue weighted by Gasteiger charge is -2.41. The molecule has 2 rings (SSSR count). The van der Waals surface area contributed by atoms with Crippen molar-refractivity contribution in [1.29, 1.82) is 0 Å². The van der Waals surface area contributed by atoms with Gasteiger partial charge >= 0.3 is 5.97 Å². The van der Waals surface area contributed by atoms with Gasteiger partial charge in [-0.2, -0.15) is 5.10 Å². The first-order valence-electron chi connectivity index (χ1n) is 5.93. The minimum atomic E-state index is -0.995. The second kappa shape index (κ2) is 4.14. The lowest BCUT2D eigenvalue weighted by atomic mass is 9.64. The monoisotopic (exact) mass is 238 g/mol. The zero-order valence-corrected chi connectivity index (χ0v) is 10.1. The summed E-state index contributed by atoms with van der Waals surface area (Å²) in [5.41, 5.74) is -0.397. The largest absolute Gasteiger partial charge is 0.481 e. The number of aromatic nitrogens is 2. The topological polar surface area (TPSA) is 75.4 Å². The Kier molecular flexibility index (Phi) is 2.95. The summed E-state index contributed by atoms with van der Waals surface area (Å²) in [5.74, 6) is -0.909. The molecule has 0 radical (unpaired) electrons. The van der Waals surface area contributed by atoms with Crippen molar-refractivity contribution in [3.63, 3.8) is 0 Å². The molecule has 1 fully saturated rings. The Morgan fingerprint density at radius 2 is 2.18 bits per heavy atom. The van der Waals surface area contributed by atoms with E-state index in [2.05, 4.69) is 5.10 Å². The minimum absolute atomic E-state index is 0.207. The van der Waals surface area contributed by atoms with E-state index < -0.39 is 17.5 Å². The molecule has 1 heterocycles. The van der Waals surface area contributed by atoms with Gasteiger partial charge in [-0.1, -0.05) is 6.42 Å². The minimum Gasteiger partial charge on any atom is -0.481 e. The summed E-state index contributed by atoms with van der Waals surface area (Å²) < 4.78 is 1.73. The summed E-state index contributed by atoms with van der Waals surface area (Å²) in [4.78, 5) is 11.3. The van der Waals surface area contributed by atoms with Gasteiger partial charge in [0.05, 0.1) is 17.7 Å². The molecule has 0 aliphatic heterocycles. The van der Waals surface area contributed by atoms with Crippen LogP contribution in [-0.4, -0.2) is 26.0 Å². The van der Waals surface area contributed by atoms with Crippen molar-refractivity contribution in [2.45, 2.75) is 45.3 Å². The van der Waals surface area contributed by atoms with Gasteiger partial charge in [0.2, 0.25) is 0 Å². The van der Waals surface area contributed by atoms with Gasteiger partial charge in [0.15, 0.2) is 0 Å². The average molecular weight is 238 g/mol. The maximum absolute atomic E-state index is 11.3. The van der Waals surface area contributed by atoms with Crippen molar-refractivity contribution in [2.75, 3.05) is 0 Å². The number of aliphatic carboxylic acids is 1. The molecule has 0 spiro atoms. The van der Waals surface area contributed by atoms with Crippen LogP contribution in [-0.2, 0) is 4.79 Å². The van der Waals surface area contributed by atoms with Crippen LogP contribution < -0.4 is 0 Å². The zero-order chi connectivity index (χ0) is 12.6. The van der Waals surface area contributed by atoms with Crippen LogP contribution in [0.5, 0.6) is 0 Å². The molecule has 1 atom stereocenters. The number of carboxylic acid groups (broad SMARTS) is 1. The van der Waals surface area contributed by atoms with Crippen LogP contribution in [0.25, 0.3) is 0 Å². The Labute approximate surface area is 100 Å². The summed E-state index contributed by atoms with van der Waals surface area (Å²) >= 11 is 0. The Morgan fingerprint density at radius 1 is 1.53 bits per heavy atom. The lowest BCUT2D eigenvalue weighted by molar-refractivity contribution is -0.166. The number of hydrogen-bond donors (Lipinski definition) is 2. The second-order valence-corrected chi connectivity index (χ2v) is 5.06. The van der Waals surface area contributed by atoms with Crippen LogP contribution >= 0.6 is 0 Å². The molecule has 5 heteroatoms. The van der Waals surface area contributed by atoms with Gasteiger partial charge in [0.1, 0.15) is 0 Å². The molecule has 1 unspecified atom stereocenters. The van der Waals surface area contributed by atoms with E-state index in [9.17, 15) is 15.0 Å². The highest BCUT2D eigenvalue weighted by molar-refractivity contribution is 5.76. The van der Waals surface area contributed by atoms with Crippen molar-refractivity contribution in [1.82, 2.24) is 9.78 Å². The molecule has 1 saturated carbocycles. The van der Waals surface area contributed by atoms with Crippen LogP contribution in [0.2, 0.25) is 0 Å². The third kappa shape index (κ3) is 1.84. The van der Waals surface area contributed by atoms with E-state index in [1.165, 1.54) is 0 Å². The molecule has 0 saturated heterocycles. The molecular formula is C12H18N2O3. The van der Waals surface area contributed by atoms with Crippen molar-refractivity contribution in [2.24, 2.45) is 5.41 Å². The lowest BCUT2D eigenvalue weighted by Crippen LogP contribution is -2.43. The highest BCUT2D eigenvalue weighted by Gasteiger charge is 2.51. The van der Waals surface area contributed by atoms with E-state index >= 15 is 0 Å². The predicted octanol–water partition coefficient (Wildman–Crippen LogP) is 1.75. The molecule has 2 N–H and O–H groups in total. The number of aliphatic hydroxyl groups excluding tert-OH is 1. The Hall–Kier alpha value is -1.36. The third-order valence-corrected chi connectivity index (χ3v) is 3.66. The SMILES string of the molecule is CC(C)n1cc(C(O)C2(C(=O)O)CCC2)cn1. The molecule has 0 aromatic carbocycles. The van der Waals surface area contributed by atoms with Crippen LogP contribution in [0.3, 0.4) is 0 Å². The summed E-state index contributed by atoms with van der Waals surface area (Å²) in [5, 5.41) is 23.6. The second-order valence-electron chi connectivity index (χ2n) is 5.06. The number of hydrogen-bond acceptors (Lipinski definition) is 3. The van der Waals surface area contributed by atoms with Gasteiger partial charge in [-0.25, -0.2) is 0 Å². The first-order valence-corrected chi connectivity index (χ1v) is 5.93. The van der Waals surface area contributed by atoms with Crippen LogP contribution in [0, 0.1) is 5.41 Å². The normalized spacial score (nSPS) is 20.0. The summed E-state index contributed by atoms with van der Waals surface area (Å²) in [7, 11) is 0. The molecule has 17 heavy (non-hydrogen) atoms. The standard InChI is InChI=1S/C12H18N2O3/c1-8(2)14-7-9(6-13-14)10(15)12(11(16)17)4-3-5-12/h6-8,10,15H,3-5H2,1-2H3,(H,16,17). The van der Waals surface area contributed by atoms with Gasteiger partial charge in [-0.3, -0.25) is 9.48 Å². The number of aliphatic hydroxyl groups is 1. The van der Waals surface area contributed by atoms with E-state index in [0.717, 1.165) is 6.42 Å². The summed E-state index contributed by atoms with van der Waals surface area (Å²) in [6.45, 7) is 3.97. The molecule has 1 aromatic heterocycles. The first kappa shape index (κ1) is 12.1. The van der Waals surface area contributed by atoms with Crippen molar-refractivity contribution in [3.8, 4) is 0 Å². The Morgan fingerprint density at radius 3 is 2.53 bits per heavy atom. The quantitative estimate of drug-likeness (QED) is 0.838. The van der Waals surface area contributed by atoms with E-state index in [-0.39, 0.29) is 6.04 Å². The van der Waals surface area contributed by atoms with Gasteiger partial charge in [0, 0.05) is 17.8 Å². The number of rotatable bonds is 4. The fourth-order valence-electron chi connectivity index (χ4n) is 2.26. The van der Waals surface area contributed by atoms with Gasteiger partial charge in [-0.15, -0.1) is 0 Å². The Bertz CT molecular complexity index is 421. The molecule has 0 bridgehead atoms. The van der Waals surface area contributed by atoms with E-state index in [1.54, 1.807) is 17.1 Å². The highest BCUT2D eigenvalue weighted by atomic mass is 16.4. The molecule has 5 nitrogen and oxygen atoms in total. The molecular weight excluding hydrogens is 220 g/mol. The summed E-state index contributed by atoms with van der Waals surface area (Å²) in [6.07, 6.45) is 4.28. The number of nitrogens with zero attached hydrogens (tertiary/aromatic N) is 2. The molecule has 1 aliphatic carbocycles. The molecule has 0 amide bonds. The van der Waals surface area contributed by atoms with Crippen LogP contribution in [0.1, 0.15) is 50.8 Å². The Balaban J connectivity index is 2.23. The van der Waals surface area contributed by atoms with Crippen LogP contribution in [0.4, 0.5) is 0 Å². The average Bonchev–Trinajstić information content (AvgIpc) is 2.63. The van der Waals surface area contributed by atoms with E-state index in [0.29, 0.717) is 18.4 Å². The van der Waals surface area contributed by atoms with Crippen LogP contribution in [0.15, 0.2) is 12.4 Å². The fourth-order valence-corrected chi connectivity index (χ4v) is 2.26. The summed E-state index contributed by atoms with van der Waals surface area (Å²) in [6, 6.07) is 0.207.